The number of hydrogen-bond acceptors (Lipinski definition) is 4. The standard InChI is InChI=1S/C22H26BrN3O2S/c1-16-13-17(23)7-8-20(16)29-15-22(28)25-19-9-11-26(12-10-19)14-21(27)24-18-5-3-2-4-6-18/h2-8,13,19H,9-12,14-15H2,1H3,(H,24,27)(H,25,28). The van der Waals surface area contributed by atoms with Gasteiger partial charge in [0.2, 0.25) is 11.8 Å². The number of anilines is 1. The normalized spacial score (nSPS) is 15.1. The molecule has 2 N–H and O–H groups in total. The largest absolute Gasteiger partial charge is 0.353 e. The number of para-hydroxylation sites is 1. The third kappa shape index (κ3) is 7.17. The summed E-state index contributed by atoms with van der Waals surface area (Å²) in [5.41, 5.74) is 1.98. The molecule has 1 heterocycles. The van der Waals surface area contributed by atoms with Gasteiger partial charge >= 0.3 is 0 Å². The van der Waals surface area contributed by atoms with E-state index >= 15 is 0 Å². The summed E-state index contributed by atoms with van der Waals surface area (Å²) in [6.07, 6.45) is 1.73. The lowest BCUT2D eigenvalue weighted by atomic mass is 10.1. The van der Waals surface area contributed by atoms with Gasteiger partial charge in [-0.1, -0.05) is 34.1 Å². The molecule has 0 aromatic heterocycles. The lowest BCUT2D eigenvalue weighted by Gasteiger charge is -2.31. The Morgan fingerprint density at radius 3 is 2.52 bits per heavy atom. The molecule has 5 nitrogen and oxygen atoms in total. The lowest BCUT2D eigenvalue weighted by molar-refractivity contribution is -0.120. The van der Waals surface area contributed by atoms with Gasteiger partial charge in [0.05, 0.1) is 12.3 Å². The molecule has 0 unspecified atom stereocenters. The Morgan fingerprint density at radius 1 is 1.10 bits per heavy atom. The summed E-state index contributed by atoms with van der Waals surface area (Å²) >= 11 is 5.03. The number of rotatable bonds is 7. The van der Waals surface area contributed by atoms with Gasteiger partial charge in [0.25, 0.3) is 0 Å². The number of nitrogens with one attached hydrogen (secondary N) is 2. The SMILES string of the molecule is Cc1cc(Br)ccc1SCC(=O)NC1CCN(CC(=O)Nc2ccccc2)CC1. The van der Waals surface area contributed by atoms with Crippen LogP contribution in [0.2, 0.25) is 0 Å². The molecule has 0 spiro atoms. The molecule has 7 heteroatoms. The molecule has 29 heavy (non-hydrogen) atoms. The van der Waals surface area contributed by atoms with Crippen LogP contribution in [0, 0.1) is 6.92 Å². The zero-order valence-electron chi connectivity index (χ0n) is 16.5. The molecule has 0 bridgehead atoms. The monoisotopic (exact) mass is 475 g/mol. The summed E-state index contributed by atoms with van der Waals surface area (Å²) in [4.78, 5) is 27.8. The van der Waals surface area contributed by atoms with E-state index < -0.39 is 0 Å². The van der Waals surface area contributed by atoms with Gasteiger partial charge < -0.3 is 10.6 Å². The van der Waals surface area contributed by atoms with Gasteiger partial charge in [0, 0.05) is 34.2 Å². The average molecular weight is 476 g/mol. The van der Waals surface area contributed by atoms with Gasteiger partial charge in [-0.25, -0.2) is 0 Å². The van der Waals surface area contributed by atoms with E-state index in [1.165, 1.54) is 5.56 Å². The second kappa shape index (κ2) is 10.8. The number of nitrogens with zero attached hydrogens (tertiary/aromatic N) is 1. The molecular weight excluding hydrogens is 450 g/mol. The van der Waals surface area contributed by atoms with Crippen LogP contribution in [0.1, 0.15) is 18.4 Å². The highest BCUT2D eigenvalue weighted by molar-refractivity contribution is 9.10. The number of amides is 2. The third-order valence-electron chi connectivity index (χ3n) is 4.87. The molecule has 154 valence electrons. The number of thioether (sulfide) groups is 1. The molecule has 1 aliphatic rings. The first-order chi connectivity index (χ1) is 14.0. The quantitative estimate of drug-likeness (QED) is 0.592. The van der Waals surface area contributed by atoms with Crippen molar-refractivity contribution in [2.45, 2.75) is 30.7 Å². The Balaban J connectivity index is 1.35. The number of hydrogen-bond donors (Lipinski definition) is 2. The maximum absolute atomic E-state index is 12.3. The van der Waals surface area contributed by atoms with Gasteiger partial charge in [0.15, 0.2) is 0 Å². The highest BCUT2D eigenvalue weighted by Crippen LogP contribution is 2.25. The van der Waals surface area contributed by atoms with Crippen LogP contribution in [-0.4, -0.2) is 48.1 Å². The summed E-state index contributed by atoms with van der Waals surface area (Å²) in [6.45, 7) is 4.06. The van der Waals surface area contributed by atoms with Crippen LogP contribution >= 0.6 is 27.7 Å². The zero-order chi connectivity index (χ0) is 20.6. The highest BCUT2D eigenvalue weighted by atomic mass is 79.9. The Hall–Kier alpha value is -1.83. The van der Waals surface area contributed by atoms with E-state index in [0.717, 1.165) is 41.0 Å². The van der Waals surface area contributed by atoms with Gasteiger partial charge in [-0.3, -0.25) is 14.5 Å². The van der Waals surface area contributed by atoms with Crippen LogP contribution in [0.25, 0.3) is 0 Å². The minimum Gasteiger partial charge on any atom is -0.353 e. The van der Waals surface area contributed by atoms with Crippen LogP contribution in [0.5, 0.6) is 0 Å². The van der Waals surface area contributed by atoms with E-state index in [1.807, 2.05) is 42.5 Å². The Labute approximate surface area is 184 Å². The number of piperidine rings is 1. The molecule has 0 aliphatic carbocycles. The second-order valence-corrected chi connectivity index (χ2v) is 9.16. The number of likely N-dealkylation sites (tertiary alicyclic amines) is 1. The molecule has 2 amide bonds. The summed E-state index contributed by atoms with van der Waals surface area (Å²) in [5.74, 6) is 0.486. The Kier molecular flexibility index (Phi) is 8.15. The minimum atomic E-state index is -0.0000433. The molecule has 0 saturated carbocycles. The van der Waals surface area contributed by atoms with Crippen molar-refractivity contribution in [1.82, 2.24) is 10.2 Å². The summed E-state index contributed by atoms with van der Waals surface area (Å²) in [5, 5.41) is 6.05. The van der Waals surface area contributed by atoms with E-state index in [2.05, 4.69) is 44.5 Å². The third-order valence-corrected chi connectivity index (χ3v) is 6.54. The summed E-state index contributed by atoms with van der Waals surface area (Å²) in [7, 11) is 0. The van der Waals surface area contributed by atoms with Gasteiger partial charge in [0.1, 0.15) is 0 Å². The van der Waals surface area contributed by atoms with Crippen molar-refractivity contribution in [2.24, 2.45) is 0 Å². The molecule has 2 aromatic rings. The molecule has 1 aliphatic heterocycles. The van der Waals surface area contributed by atoms with Crippen molar-refractivity contribution in [2.75, 3.05) is 30.7 Å². The maximum Gasteiger partial charge on any atom is 0.238 e. The van der Waals surface area contributed by atoms with Crippen LogP contribution in [0.15, 0.2) is 57.9 Å². The first-order valence-electron chi connectivity index (χ1n) is 9.75. The Morgan fingerprint density at radius 2 is 1.83 bits per heavy atom. The van der Waals surface area contributed by atoms with E-state index in [9.17, 15) is 9.59 Å². The smallest absolute Gasteiger partial charge is 0.238 e. The maximum atomic E-state index is 12.3. The first-order valence-corrected chi connectivity index (χ1v) is 11.5. The van der Waals surface area contributed by atoms with Gasteiger partial charge in [-0.2, -0.15) is 0 Å². The van der Waals surface area contributed by atoms with E-state index in [4.69, 9.17) is 0 Å². The second-order valence-electron chi connectivity index (χ2n) is 7.23. The van der Waals surface area contributed by atoms with Crippen molar-refractivity contribution in [3.05, 3.63) is 58.6 Å². The molecule has 0 atom stereocenters. The first kappa shape index (κ1) is 21.9. The average Bonchev–Trinajstić information content (AvgIpc) is 2.69. The van der Waals surface area contributed by atoms with Crippen LogP contribution in [-0.2, 0) is 9.59 Å². The molecule has 0 radical (unpaired) electrons. The molecule has 2 aromatic carbocycles. The fourth-order valence-electron chi connectivity index (χ4n) is 3.35. The number of carbonyl (C=O) groups is 2. The molecule has 1 fully saturated rings. The van der Waals surface area contributed by atoms with Crippen molar-refractivity contribution in [3.8, 4) is 0 Å². The molecule has 1 saturated heterocycles. The summed E-state index contributed by atoms with van der Waals surface area (Å²) < 4.78 is 1.05. The summed E-state index contributed by atoms with van der Waals surface area (Å²) in [6, 6.07) is 15.8. The number of carbonyl (C=O) groups excluding carboxylic acids is 2. The number of aryl methyl sites for hydroxylation is 1. The van der Waals surface area contributed by atoms with Crippen molar-refractivity contribution in [1.29, 1.82) is 0 Å². The minimum absolute atomic E-state index is 0.0000433. The fraction of sp³-hybridized carbons (Fsp3) is 0.364. The lowest BCUT2D eigenvalue weighted by Crippen LogP contribution is -2.47. The zero-order valence-corrected chi connectivity index (χ0v) is 18.9. The Bertz CT molecular complexity index is 839. The predicted molar refractivity (Wildman–Crippen MR) is 122 cm³/mol. The predicted octanol–water partition coefficient (Wildman–Crippen LogP) is 4.07. The highest BCUT2D eigenvalue weighted by Gasteiger charge is 2.22. The van der Waals surface area contributed by atoms with E-state index in [-0.39, 0.29) is 17.9 Å². The van der Waals surface area contributed by atoms with Crippen molar-refractivity contribution in [3.63, 3.8) is 0 Å². The van der Waals surface area contributed by atoms with Crippen LogP contribution < -0.4 is 10.6 Å². The molecule has 3 rings (SSSR count). The van der Waals surface area contributed by atoms with Gasteiger partial charge in [-0.05, 0) is 55.7 Å². The van der Waals surface area contributed by atoms with Gasteiger partial charge in [-0.15, -0.1) is 11.8 Å². The number of halogens is 1. The van der Waals surface area contributed by atoms with Crippen LogP contribution in [0.4, 0.5) is 5.69 Å². The molecular formula is C22H26BrN3O2S. The van der Waals surface area contributed by atoms with Crippen molar-refractivity contribution < 1.29 is 9.59 Å². The van der Waals surface area contributed by atoms with E-state index in [1.54, 1.807) is 11.8 Å². The topological polar surface area (TPSA) is 61.4 Å². The van der Waals surface area contributed by atoms with Crippen LogP contribution in [0.3, 0.4) is 0 Å². The fourth-order valence-corrected chi connectivity index (χ4v) is 4.64. The number of benzene rings is 2. The van der Waals surface area contributed by atoms with E-state index in [0.29, 0.717) is 12.3 Å². The van der Waals surface area contributed by atoms with Crippen molar-refractivity contribution >= 4 is 45.2 Å².